The number of ether oxygens (including phenoxy) is 2. The van der Waals surface area contributed by atoms with Crippen LogP contribution in [0.3, 0.4) is 0 Å². The van der Waals surface area contributed by atoms with Crippen LogP contribution in [0.2, 0.25) is 0 Å². The number of carbonyl (C=O) groups excluding carboxylic acids is 2. The highest BCUT2D eigenvalue weighted by Gasteiger charge is 2.35. The Morgan fingerprint density at radius 3 is 1.89 bits per heavy atom. The van der Waals surface area contributed by atoms with Gasteiger partial charge in [-0.1, -0.05) is 57.8 Å². The molecule has 0 saturated heterocycles. The van der Waals surface area contributed by atoms with Crippen LogP contribution in [0.25, 0.3) is 0 Å². The molecule has 0 amide bonds. The van der Waals surface area contributed by atoms with Crippen LogP contribution in [-0.4, -0.2) is 35.7 Å². The third-order valence-electron chi connectivity index (χ3n) is 4.93. The molecule has 1 N–H and O–H groups in total. The van der Waals surface area contributed by atoms with Gasteiger partial charge in [0.15, 0.2) is 0 Å². The third-order valence-corrected chi connectivity index (χ3v) is 4.93. The van der Waals surface area contributed by atoms with Gasteiger partial charge in [0.1, 0.15) is 6.10 Å². The molecule has 0 aromatic heterocycles. The number of rotatable bonds is 15. The van der Waals surface area contributed by atoms with Crippen molar-refractivity contribution in [1.82, 2.24) is 0 Å². The summed E-state index contributed by atoms with van der Waals surface area (Å²) in [4.78, 5) is 33.3. The van der Waals surface area contributed by atoms with Gasteiger partial charge in [-0.05, 0) is 26.2 Å². The van der Waals surface area contributed by atoms with E-state index in [9.17, 15) is 19.5 Å². The highest BCUT2D eigenvalue weighted by atomic mass is 16.6. The number of hydrogen-bond donors (Lipinski definition) is 1. The summed E-state index contributed by atoms with van der Waals surface area (Å²) in [6.45, 7) is 3.50. The maximum absolute atomic E-state index is 11.5. The standard InChI is InChI=1S/C21H34O6/c1-16-19(20(23)24)18(27-21(16)25)14-12-10-8-6-4-3-5-7-9-11-13-15-26-17(2)22/h18H,3-15H2,1-2H3,(H,23,24)/t18-/m1/s1. The Hall–Kier alpha value is -1.85. The predicted molar refractivity (Wildman–Crippen MR) is 102 cm³/mol. The summed E-state index contributed by atoms with van der Waals surface area (Å²) in [6.07, 6.45) is 12.5. The number of carboxylic acid groups (broad SMARTS) is 1. The lowest BCUT2D eigenvalue weighted by Crippen LogP contribution is -2.17. The molecule has 1 aliphatic heterocycles. The van der Waals surface area contributed by atoms with Gasteiger partial charge in [0.05, 0.1) is 12.2 Å². The van der Waals surface area contributed by atoms with Crippen molar-refractivity contribution in [2.24, 2.45) is 0 Å². The smallest absolute Gasteiger partial charge is 0.335 e. The van der Waals surface area contributed by atoms with E-state index >= 15 is 0 Å². The van der Waals surface area contributed by atoms with Crippen molar-refractivity contribution in [2.75, 3.05) is 6.61 Å². The van der Waals surface area contributed by atoms with Crippen LogP contribution in [0.1, 0.15) is 90.9 Å². The van der Waals surface area contributed by atoms with E-state index in [1.165, 1.54) is 52.4 Å². The molecule has 1 rings (SSSR count). The summed E-state index contributed by atoms with van der Waals surface area (Å²) in [7, 11) is 0. The van der Waals surface area contributed by atoms with Gasteiger partial charge in [0.25, 0.3) is 0 Å². The second-order valence-corrected chi connectivity index (χ2v) is 7.26. The molecule has 0 unspecified atom stereocenters. The van der Waals surface area contributed by atoms with Crippen LogP contribution >= 0.6 is 0 Å². The summed E-state index contributed by atoms with van der Waals surface area (Å²) in [5.41, 5.74) is 0.367. The molecule has 0 fully saturated rings. The van der Waals surface area contributed by atoms with Crippen LogP contribution in [0.15, 0.2) is 11.1 Å². The monoisotopic (exact) mass is 382 g/mol. The quantitative estimate of drug-likeness (QED) is 0.330. The van der Waals surface area contributed by atoms with Gasteiger partial charge < -0.3 is 14.6 Å². The zero-order valence-corrected chi connectivity index (χ0v) is 16.8. The first-order valence-electron chi connectivity index (χ1n) is 10.2. The van der Waals surface area contributed by atoms with Crippen LogP contribution in [0, 0.1) is 0 Å². The summed E-state index contributed by atoms with van der Waals surface area (Å²) >= 11 is 0. The summed E-state index contributed by atoms with van der Waals surface area (Å²) < 4.78 is 10.0. The zero-order chi connectivity index (χ0) is 20.1. The lowest BCUT2D eigenvalue weighted by molar-refractivity contribution is -0.142. The average Bonchev–Trinajstić information content (AvgIpc) is 2.89. The van der Waals surface area contributed by atoms with Crippen molar-refractivity contribution in [3.05, 3.63) is 11.1 Å². The van der Waals surface area contributed by atoms with Crippen LogP contribution in [-0.2, 0) is 23.9 Å². The minimum absolute atomic E-state index is 0.132. The Balaban J connectivity index is 1.92. The maximum atomic E-state index is 11.5. The minimum atomic E-state index is -1.05. The van der Waals surface area contributed by atoms with Crippen molar-refractivity contribution >= 4 is 17.9 Å². The van der Waals surface area contributed by atoms with Crippen molar-refractivity contribution < 1.29 is 29.0 Å². The van der Waals surface area contributed by atoms with Crippen molar-refractivity contribution in [3.8, 4) is 0 Å². The molecule has 6 heteroatoms. The number of esters is 2. The molecular formula is C21H34O6. The average molecular weight is 382 g/mol. The molecule has 0 spiro atoms. The Labute approximate surface area is 162 Å². The topological polar surface area (TPSA) is 89.9 Å². The van der Waals surface area contributed by atoms with E-state index in [1.807, 2.05) is 0 Å². The minimum Gasteiger partial charge on any atom is -0.478 e. The normalized spacial score (nSPS) is 16.5. The highest BCUT2D eigenvalue weighted by molar-refractivity contribution is 6.03. The number of cyclic esters (lactones) is 1. The van der Waals surface area contributed by atoms with Gasteiger partial charge in [-0.25, -0.2) is 9.59 Å². The number of aliphatic carboxylic acids is 1. The van der Waals surface area contributed by atoms with Gasteiger partial charge in [-0.2, -0.15) is 0 Å². The van der Waals surface area contributed by atoms with Gasteiger partial charge in [0.2, 0.25) is 0 Å². The van der Waals surface area contributed by atoms with E-state index in [1.54, 1.807) is 0 Å². The van der Waals surface area contributed by atoms with E-state index in [-0.39, 0.29) is 17.1 Å². The van der Waals surface area contributed by atoms with E-state index in [2.05, 4.69) is 0 Å². The fraction of sp³-hybridized carbons (Fsp3) is 0.762. The first-order valence-corrected chi connectivity index (χ1v) is 10.2. The molecule has 154 valence electrons. The molecule has 1 aliphatic rings. The number of carbonyl (C=O) groups is 3. The van der Waals surface area contributed by atoms with Gasteiger partial charge in [0, 0.05) is 12.5 Å². The largest absolute Gasteiger partial charge is 0.478 e. The van der Waals surface area contributed by atoms with Gasteiger partial charge >= 0.3 is 17.9 Å². The van der Waals surface area contributed by atoms with Crippen molar-refractivity contribution in [1.29, 1.82) is 0 Å². The lowest BCUT2D eigenvalue weighted by Gasteiger charge is -2.11. The van der Waals surface area contributed by atoms with Crippen LogP contribution in [0.5, 0.6) is 0 Å². The molecule has 0 aromatic carbocycles. The molecule has 27 heavy (non-hydrogen) atoms. The summed E-state index contributed by atoms with van der Waals surface area (Å²) in [5.74, 6) is -1.74. The first kappa shape index (κ1) is 23.2. The third kappa shape index (κ3) is 9.59. The fourth-order valence-electron chi connectivity index (χ4n) is 3.37. The van der Waals surface area contributed by atoms with Crippen LogP contribution < -0.4 is 0 Å². The predicted octanol–water partition coefficient (Wildman–Crippen LogP) is 4.56. The molecule has 0 aromatic rings. The van der Waals surface area contributed by atoms with E-state index in [4.69, 9.17) is 9.47 Å². The molecule has 1 heterocycles. The highest BCUT2D eigenvalue weighted by Crippen LogP contribution is 2.26. The lowest BCUT2D eigenvalue weighted by atomic mass is 10.00. The zero-order valence-electron chi connectivity index (χ0n) is 16.8. The van der Waals surface area contributed by atoms with E-state index in [0.29, 0.717) is 13.0 Å². The van der Waals surface area contributed by atoms with Crippen molar-refractivity contribution in [3.63, 3.8) is 0 Å². The van der Waals surface area contributed by atoms with Crippen LogP contribution in [0.4, 0.5) is 0 Å². The molecule has 6 nitrogen and oxygen atoms in total. The van der Waals surface area contributed by atoms with Gasteiger partial charge in [-0.15, -0.1) is 0 Å². The summed E-state index contributed by atoms with van der Waals surface area (Å²) in [5, 5.41) is 9.19. The molecule has 0 saturated carbocycles. The maximum Gasteiger partial charge on any atom is 0.335 e. The number of hydrogen-bond acceptors (Lipinski definition) is 5. The summed E-state index contributed by atoms with van der Waals surface area (Å²) in [6, 6.07) is 0. The second kappa shape index (κ2) is 13.3. The van der Waals surface area contributed by atoms with Gasteiger partial charge in [-0.3, -0.25) is 4.79 Å². The first-order chi connectivity index (χ1) is 12.9. The van der Waals surface area contributed by atoms with E-state index in [0.717, 1.165) is 32.1 Å². The number of carboxylic acids is 1. The fourth-order valence-corrected chi connectivity index (χ4v) is 3.37. The Morgan fingerprint density at radius 2 is 1.41 bits per heavy atom. The number of unbranched alkanes of at least 4 members (excludes halogenated alkanes) is 10. The Kier molecular flexibility index (Phi) is 11.5. The van der Waals surface area contributed by atoms with E-state index < -0.39 is 18.0 Å². The molecule has 0 aliphatic carbocycles. The Bertz CT molecular complexity index is 523. The van der Waals surface area contributed by atoms with Crippen molar-refractivity contribution in [2.45, 2.75) is 97.0 Å². The Morgan fingerprint density at radius 1 is 0.926 bits per heavy atom. The second-order valence-electron chi connectivity index (χ2n) is 7.26. The molecule has 1 atom stereocenters. The molecule has 0 bridgehead atoms. The molecular weight excluding hydrogens is 348 g/mol. The molecule has 0 radical (unpaired) electrons. The SMILES string of the molecule is CC(=O)OCCCCCCCCCCCCC[C@H]1OC(=O)C(C)=C1C(=O)O.